The summed E-state index contributed by atoms with van der Waals surface area (Å²) in [7, 11) is -9.92. The lowest BCUT2D eigenvalue weighted by Gasteiger charge is -2.21. The Kier molecular flexibility index (Phi) is 69.3. The normalized spacial score (nSPS) is 13.9. The van der Waals surface area contributed by atoms with Crippen LogP contribution in [0, 0.1) is 11.8 Å². The zero-order chi connectivity index (χ0) is 72.1. The lowest BCUT2D eigenvalue weighted by molar-refractivity contribution is -0.161. The van der Waals surface area contributed by atoms with Crippen LogP contribution < -0.4 is 0 Å². The molecule has 0 saturated carbocycles. The van der Waals surface area contributed by atoms with Crippen molar-refractivity contribution in [2.24, 2.45) is 11.8 Å². The standard InChI is InChI=1S/C79H154O17P2/c1-7-9-11-13-15-17-19-21-24-29-33-37-43-49-55-61-76(81)89-67-74(95-78(83)64-58-52-45-39-35-31-27-23-26-28-32-36-41-47-53-59-71(3)4)69-93-97(85,86)91-65-73(80)66-92-98(87,88)94-70-75(68-90-77(82)62-56-50-46-40-42-48-54-60-72(5)6)96-79(84)63-57-51-44-38-34-30-25-22-20-18-16-14-12-10-8-2/h71-75,80H,7-70H2,1-6H3,(H,85,86)(H,87,88)/t73-,74-,75-/m1/s1. The van der Waals surface area contributed by atoms with Gasteiger partial charge in [-0.3, -0.25) is 37.3 Å². The van der Waals surface area contributed by atoms with E-state index in [1.165, 1.54) is 225 Å². The molecule has 5 atom stereocenters. The fourth-order valence-electron chi connectivity index (χ4n) is 12.2. The first kappa shape index (κ1) is 96.1. The molecule has 19 heteroatoms. The van der Waals surface area contributed by atoms with Gasteiger partial charge in [0, 0.05) is 25.7 Å². The van der Waals surface area contributed by atoms with Crippen molar-refractivity contribution in [3.63, 3.8) is 0 Å². The van der Waals surface area contributed by atoms with E-state index in [9.17, 15) is 43.2 Å². The number of carbonyl (C=O) groups excluding carboxylic acids is 4. The molecule has 0 rings (SSSR count). The highest BCUT2D eigenvalue weighted by atomic mass is 31.2. The number of phosphoric ester groups is 2. The topological polar surface area (TPSA) is 237 Å². The van der Waals surface area contributed by atoms with Crippen molar-refractivity contribution in [1.29, 1.82) is 0 Å². The van der Waals surface area contributed by atoms with Crippen LogP contribution in [0.25, 0.3) is 0 Å². The maximum absolute atomic E-state index is 13.1. The maximum Gasteiger partial charge on any atom is 0.472 e. The van der Waals surface area contributed by atoms with Crippen molar-refractivity contribution < 1.29 is 80.2 Å². The van der Waals surface area contributed by atoms with Gasteiger partial charge in [0.15, 0.2) is 12.2 Å². The van der Waals surface area contributed by atoms with Crippen LogP contribution in [-0.4, -0.2) is 96.7 Å². The second-order valence-electron chi connectivity index (χ2n) is 29.4. The van der Waals surface area contributed by atoms with Gasteiger partial charge in [-0.1, -0.05) is 363 Å². The monoisotopic (exact) mass is 1440 g/mol. The fourth-order valence-corrected chi connectivity index (χ4v) is 13.8. The van der Waals surface area contributed by atoms with Crippen LogP contribution in [0.3, 0.4) is 0 Å². The minimum absolute atomic E-state index is 0.107. The Morgan fingerprint density at radius 1 is 0.276 bits per heavy atom. The molecule has 3 N–H and O–H groups in total. The van der Waals surface area contributed by atoms with Crippen molar-refractivity contribution in [3.05, 3.63) is 0 Å². The largest absolute Gasteiger partial charge is 0.472 e. The van der Waals surface area contributed by atoms with E-state index >= 15 is 0 Å². The van der Waals surface area contributed by atoms with Crippen LogP contribution in [0.5, 0.6) is 0 Å². The number of aliphatic hydroxyl groups excluding tert-OH is 1. The average Bonchev–Trinajstić information content (AvgIpc) is 1.05. The van der Waals surface area contributed by atoms with E-state index in [1.807, 2.05) is 0 Å². The third kappa shape index (κ3) is 72.4. The van der Waals surface area contributed by atoms with Crippen LogP contribution in [0.15, 0.2) is 0 Å². The van der Waals surface area contributed by atoms with Gasteiger partial charge < -0.3 is 33.8 Å². The van der Waals surface area contributed by atoms with E-state index in [1.54, 1.807) is 0 Å². The van der Waals surface area contributed by atoms with Crippen LogP contribution in [0.4, 0.5) is 0 Å². The molecule has 0 saturated heterocycles. The van der Waals surface area contributed by atoms with Gasteiger partial charge in [0.25, 0.3) is 0 Å². The molecule has 0 aliphatic carbocycles. The van der Waals surface area contributed by atoms with E-state index in [0.29, 0.717) is 31.6 Å². The number of carbonyl (C=O) groups is 4. The predicted molar refractivity (Wildman–Crippen MR) is 400 cm³/mol. The molecular formula is C79H154O17P2. The molecule has 0 aliphatic heterocycles. The summed E-state index contributed by atoms with van der Waals surface area (Å²) in [6.07, 6.45) is 59.6. The number of aliphatic hydroxyl groups is 1. The SMILES string of the molecule is CCCCCCCCCCCCCCCCCC(=O)OC[C@H](COP(=O)(O)OC[C@@H](O)COP(=O)(O)OC[C@@H](COC(=O)CCCCCCCCCC(C)C)OC(=O)CCCCCCCCCCCCCCCCC)OC(=O)CCCCCCCCCCCCCCCCCC(C)C. The van der Waals surface area contributed by atoms with Crippen LogP contribution in [0.1, 0.15) is 414 Å². The molecular weight excluding hydrogens is 1280 g/mol. The Morgan fingerprint density at radius 3 is 0.694 bits per heavy atom. The fraction of sp³-hybridized carbons (Fsp3) is 0.949. The van der Waals surface area contributed by atoms with Gasteiger partial charge in [0.05, 0.1) is 26.4 Å². The third-order valence-corrected chi connectivity index (χ3v) is 20.4. The average molecular weight is 1440 g/mol. The highest BCUT2D eigenvalue weighted by molar-refractivity contribution is 7.47. The zero-order valence-electron chi connectivity index (χ0n) is 64.1. The van der Waals surface area contributed by atoms with Crippen LogP contribution >= 0.6 is 15.6 Å². The number of phosphoric acid groups is 2. The zero-order valence-corrected chi connectivity index (χ0v) is 65.9. The minimum atomic E-state index is -4.96. The highest BCUT2D eigenvalue weighted by Crippen LogP contribution is 2.45. The summed E-state index contributed by atoms with van der Waals surface area (Å²) in [5.74, 6) is -0.602. The molecule has 0 aliphatic rings. The minimum Gasteiger partial charge on any atom is -0.462 e. The first-order valence-corrected chi connectivity index (χ1v) is 44.0. The van der Waals surface area contributed by atoms with Gasteiger partial charge in [-0.25, -0.2) is 9.13 Å². The summed E-state index contributed by atoms with van der Waals surface area (Å²) in [4.78, 5) is 72.9. The molecule has 0 fully saturated rings. The van der Waals surface area contributed by atoms with E-state index in [2.05, 4.69) is 41.5 Å². The van der Waals surface area contributed by atoms with Crippen molar-refractivity contribution in [1.82, 2.24) is 0 Å². The predicted octanol–water partition coefficient (Wildman–Crippen LogP) is 23.5. The Bertz CT molecular complexity index is 1890. The Hall–Kier alpha value is -1.94. The maximum atomic E-state index is 13.1. The van der Waals surface area contributed by atoms with Crippen molar-refractivity contribution in [2.45, 2.75) is 432 Å². The molecule has 0 heterocycles. The summed E-state index contributed by atoms with van der Waals surface area (Å²) >= 11 is 0. The van der Waals surface area contributed by atoms with Gasteiger partial charge in [-0.15, -0.1) is 0 Å². The Labute approximate surface area is 600 Å². The lowest BCUT2D eigenvalue weighted by atomic mass is 10.0. The van der Waals surface area contributed by atoms with Gasteiger partial charge in [0.2, 0.25) is 0 Å². The molecule has 0 aromatic rings. The summed E-state index contributed by atoms with van der Waals surface area (Å²) < 4.78 is 68.7. The molecule has 0 aromatic carbocycles. The first-order chi connectivity index (χ1) is 47.4. The van der Waals surface area contributed by atoms with E-state index in [0.717, 1.165) is 102 Å². The van der Waals surface area contributed by atoms with E-state index in [-0.39, 0.29) is 25.7 Å². The summed E-state index contributed by atoms with van der Waals surface area (Å²) in [5.41, 5.74) is 0. The van der Waals surface area contributed by atoms with Gasteiger partial charge >= 0.3 is 39.5 Å². The van der Waals surface area contributed by atoms with Gasteiger partial charge in [-0.05, 0) is 37.5 Å². The third-order valence-electron chi connectivity index (χ3n) is 18.5. The molecule has 582 valence electrons. The number of hydrogen-bond acceptors (Lipinski definition) is 15. The molecule has 0 bridgehead atoms. The van der Waals surface area contributed by atoms with Gasteiger partial charge in [0.1, 0.15) is 19.3 Å². The summed E-state index contributed by atoms with van der Waals surface area (Å²) in [5, 5.41) is 10.6. The Balaban J connectivity index is 5.24. The number of rotatable bonds is 78. The first-order valence-electron chi connectivity index (χ1n) is 41.0. The van der Waals surface area contributed by atoms with E-state index in [4.69, 9.17) is 37.0 Å². The molecule has 0 amide bonds. The van der Waals surface area contributed by atoms with Crippen molar-refractivity contribution in [2.75, 3.05) is 39.6 Å². The van der Waals surface area contributed by atoms with Crippen LogP contribution in [-0.2, 0) is 65.4 Å². The molecule has 0 aromatic heterocycles. The molecule has 17 nitrogen and oxygen atoms in total. The van der Waals surface area contributed by atoms with E-state index < -0.39 is 97.5 Å². The van der Waals surface area contributed by atoms with Gasteiger partial charge in [-0.2, -0.15) is 0 Å². The van der Waals surface area contributed by atoms with Crippen molar-refractivity contribution >= 4 is 39.5 Å². The number of hydrogen-bond donors (Lipinski definition) is 3. The molecule has 98 heavy (non-hydrogen) atoms. The highest BCUT2D eigenvalue weighted by Gasteiger charge is 2.30. The summed E-state index contributed by atoms with van der Waals surface area (Å²) in [6.45, 7) is 9.60. The van der Waals surface area contributed by atoms with Crippen molar-refractivity contribution in [3.8, 4) is 0 Å². The number of esters is 4. The second kappa shape index (κ2) is 70.7. The smallest absolute Gasteiger partial charge is 0.462 e. The van der Waals surface area contributed by atoms with Crippen LogP contribution in [0.2, 0.25) is 0 Å². The second-order valence-corrected chi connectivity index (χ2v) is 32.3. The summed E-state index contributed by atoms with van der Waals surface area (Å²) in [6, 6.07) is 0. The quantitative estimate of drug-likeness (QED) is 0.0222. The molecule has 0 spiro atoms. The molecule has 0 radical (unpaired) electrons. The number of unbranched alkanes of at least 4 members (excludes halogenated alkanes) is 48. The molecule has 2 unspecified atom stereocenters. The lowest BCUT2D eigenvalue weighted by Crippen LogP contribution is -2.30. The number of ether oxygens (including phenoxy) is 4. The Morgan fingerprint density at radius 2 is 0.469 bits per heavy atom.